The molecular formula is C18H21Cl2NO. The Morgan fingerprint density at radius 2 is 1.73 bits per heavy atom. The van der Waals surface area contributed by atoms with Gasteiger partial charge in [-0.15, -0.1) is 0 Å². The minimum Gasteiger partial charge on any atom is -0.491 e. The molecule has 2 aromatic rings. The molecule has 1 N–H and O–H groups in total. The smallest absolute Gasteiger partial charge is 0.123 e. The number of hydrogen-bond donors (Lipinski definition) is 1. The Bertz CT molecular complexity index is 621. The maximum atomic E-state index is 5.98. The van der Waals surface area contributed by atoms with Gasteiger partial charge in [0, 0.05) is 22.3 Å². The van der Waals surface area contributed by atoms with Crippen LogP contribution in [0.1, 0.15) is 30.9 Å². The molecule has 4 heteroatoms. The fourth-order valence-electron chi connectivity index (χ4n) is 2.26. The molecule has 0 atom stereocenters. The van der Waals surface area contributed by atoms with Gasteiger partial charge in [-0.05, 0) is 48.2 Å². The molecule has 0 aliphatic carbocycles. The molecule has 0 unspecified atom stereocenters. The highest BCUT2D eigenvalue weighted by Gasteiger charge is 2.08. The van der Waals surface area contributed by atoms with Gasteiger partial charge in [-0.2, -0.15) is 0 Å². The molecule has 0 aliphatic heterocycles. The molecule has 2 rings (SSSR count). The zero-order chi connectivity index (χ0) is 16.1. The number of nitrogens with one attached hydrogen (secondary N) is 1. The standard InChI is InChI=1S/C18H21Cl2NO/c1-12(2)17-5-4-13(3)8-18(17)22-7-6-21-16-10-14(19)9-15(20)11-16/h4-5,8-12,21H,6-7H2,1-3H3. The second-order valence-electron chi connectivity index (χ2n) is 5.63. The molecule has 0 bridgehead atoms. The van der Waals surface area contributed by atoms with Crippen molar-refractivity contribution in [2.75, 3.05) is 18.5 Å². The second-order valence-corrected chi connectivity index (χ2v) is 6.50. The Kier molecular flexibility index (Phi) is 5.98. The Morgan fingerprint density at radius 1 is 1.05 bits per heavy atom. The van der Waals surface area contributed by atoms with Crippen molar-refractivity contribution in [1.29, 1.82) is 0 Å². The van der Waals surface area contributed by atoms with E-state index in [1.54, 1.807) is 6.07 Å². The molecule has 0 saturated heterocycles. The molecule has 2 aromatic carbocycles. The van der Waals surface area contributed by atoms with Crippen molar-refractivity contribution in [3.8, 4) is 5.75 Å². The number of aryl methyl sites for hydroxylation is 1. The summed E-state index contributed by atoms with van der Waals surface area (Å²) in [5.41, 5.74) is 3.33. The second kappa shape index (κ2) is 7.75. The first-order chi connectivity index (χ1) is 10.5. The van der Waals surface area contributed by atoms with E-state index in [1.165, 1.54) is 11.1 Å². The van der Waals surface area contributed by atoms with Crippen molar-refractivity contribution in [3.05, 3.63) is 57.6 Å². The van der Waals surface area contributed by atoms with Crippen LogP contribution in [-0.4, -0.2) is 13.2 Å². The van der Waals surface area contributed by atoms with Gasteiger partial charge in [0.05, 0.1) is 0 Å². The van der Waals surface area contributed by atoms with Crippen LogP contribution in [0.2, 0.25) is 10.0 Å². The van der Waals surface area contributed by atoms with Crippen LogP contribution < -0.4 is 10.1 Å². The predicted molar refractivity (Wildman–Crippen MR) is 95.7 cm³/mol. The SMILES string of the molecule is Cc1ccc(C(C)C)c(OCCNc2cc(Cl)cc(Cl)c2)c1. The van der Waals surface area contributed by atoms with Crippen molar-refractivity contribution in [2.24, 2.45) is 0 Å². The van der Waals surface area contributed by atoms with E-state index < -0.39 is 0 Å². The number of anilines is 1. The van der Waals surface area contributed by atoms with Gasteiger partial charge in [0.2, 0.25) is 0 Å². The maximum absolute atomic E-state index is 5.98. The van der Waals surface area contributed by atoms with E-state index >= 15 is 0 Å². The largest absolute Gasteiger partial charge is 0.491 e. The summed E-state index contributed by atoms with van der Waals surface area (Å²) >= 11 is 12.0. The molecule has 0 amide bonds. The molecule has 0 saturated carbocycles. The Hall–Kier alpha value is -1.38. The molecular weight excluding hydrogens is 317 g/mol. The van der Waals surface area contributed by atoms with E-state index in [0.717, 1.165) is 11.4 Å². The Labute approximate surface area is 142 Å². The van der Waals surface area contributed by atoms with Crippen LogP contribution in [0.3, 0.4) is 0 Å². The molecule has 0 aromatic heterocycles. The third-order valence-corrected chi connectivity index (χ3v) is 3.78. The lowest BCUT2D eigenvalue weighted by atomic mass is 10.0. The summed E-state index contributed by atoms with van der Waals surface area (Å²) in [5, 5.41) is 4.51. The molecule has 0 spiro atoms. The van der Waals surface area contributed by atoms with Crippen LogP contribution >= 0.6 is 23.2 Å². The molecule has 0 aliphatic rings. The fourth-order valence-corrected chi connectivity index (χ4v) is 2.78. The minimum atomic E-state index is 0.440. The highest BCUT2D eigenvalue weighted by Crippen LogP contribution is 2.27. The van der Waals surface area contributed by atoms with Crippen molar-refractivity contribution >= 4 is 28.9 Å². The average Bonchev–Trinajstić information content (AvgIpc) is 2.42. The normalized spacial score (nSPS) is 10.8. The Balaban J connectivity index is 1.92. The summed E-state index contributed by atoms with van der Waals surface area (Å²) in [6.45, 7) is 7.67. The van der Waals surface area contributed by atoms with E-state index in [-0.39, 0.29) is 0 Å². The van der Waals surface area contributed by atoms with Gasteiger partial charge in [-0.3, -0.25) is 0 Å². The van der Waals surface area contributed by atoms with Crippen molar-refractivity contribution in [1.82, 2.24) is 0 Å². The third kappa shape index (κ3) is 4.82. The van der Waals surface area contributed by atoms with Gasteiger partial charge in [0.1, 0.15) is 12.4 Å². The number of hydrogen-bond acceptors (Lipinski definition) is 2. The van der Waals surface area contributed by atoms with Crippen molar-refractivity contribution in [2.45, 2.75) is 26.7 Å². The predicted octanol–water partition coefficient (Wildman–Crippen LogP) is 5.92. The summed E-state index contributed by atoms with van der Waals surface area (Å²) in [7, 11) is 0. The maximum Gasteiger partial charge on any atom is 0.123 e. The van der Waals surface area contributed by atoms with Crippen LogP contribution in [0.15, 0.2) is 36.4 Å². The van der Waals surface area contributed by atoms with E-state index in [9.17, 15) is 0 Å². The Morgan fingerprint density at radius 3 is 2.36 bits per heavy atom. The van der Waals surface area contributed by atoms with Gasteiger partial charge in [-0.25, -0.2) is 0 Å². The zero-order valence-corrected chi connectivity index (χ0v) is 14.6. The number of rotatable bonds is 6. The van der Waals surface area contributed by atoms with Crippen LogP contribution in [-0.2, 0) is 0 Å². The van der Waals surface area contributed by atoms with Gasteiger partial charge in [-0.1, -0.05) is 49.2 Å². The highest BCUT2D eigenvalue weighted by atomic mass is 35.5. The summed E-state index contributed by atoms with van der Waals surface area (Å²) in [6, 6.07) is 11.8. The number of benzene rings is 2. The topological polar surface area (TPSA) is 21.3 Å². The first-order valence-electron chi connectivity index (χ1n) is 7.39. The van der Waals surface area contributed by atoms with Crippen LogP contribution in [0.4, 0.5) is 5.69 Å². The summed E-state index contributed by atoms with van der Waals surface area (Å²) in [6.07, 6.45) is 0. The van der Waals surface area contributed by atoms with E-state index in [4.69, 9.17) is 27.9 Å². The average molecular weight is 338 g/mol. The van der Waals surface area contributed by atoms with Gasteiger partial charge in [0.15, 0.2) is 0 Å². The number of halogens is 2. The van der Waals surface area contributed by atoms with E-state index in [2.05, 4.69) is 44.3 Å². The van der Waals surface area contributed by atoms with Crippen LogP contribution in [0.25, 0.3) is 0 Å². The fraction of sp³-hybridized carbons (Fsp3) is 0.333. The van der Waals surface area contributed by atoms with E-state index in [1.807, 2.05) is 12.1 Å². The summed E-state index contributed by atoms with van der Waals surface area (Å²) in [4.78, 5) is 0. The van der Waals surface area contributed by atoms with Gasteiger partial charge >= 0.3 is 0 Å². The summed E-state index contributed by atoms with van der Waals surface area (Å²) < 4.78 is 5.93. The minimum absolute atomic E-state index is 0.440. The lowest BCUT2D eigenvalue weighted by molar-refractivity contribution is 0.328. The molecule has 22 heavy (non-hydrogen) atoms. The monoisotopic (exact) mass is 337 g/mol. The molecule has 0 fully saturated rings. The van der Waals surface area contributed by atoms with Gasteiger partial charge in [0.25, 0.3) is 0 Å². The quantitative estimate of drug-likeness (QED) is 0.661. The van der Waals surface area contributed by atoms with Gasteiger partial charge < -0.3 is 10.1 Å². The summed E-state index contributed by atoms with van der Waals surface area (Å²) in [5.74, 6) is 1.40. The highest BCUT2D eigenvalue weighted by molar-refractivity contribution is 6.35. The third-order valence-electron chi connectivity index (χ3n) is 3.34. The van der Waals surface area contributed by atoms with E-state index in [0.29, 0.717) is 29.1 Å². The van der Waals surface area contributed by atoms with Crippen LogP contribution in [0, 0.1) is 6.92 Å². The van der Waals surface area contributed by atoms with Crippen molar-refractivity contribution < 1.29 is 4.74 Å². The molecule has 118 valence electrons. The molecule has 0 radical (unpaired) electrons. The molecule has 2 nitrogen and oxygen atoms in total. The van der Waals surface area contributed by atoms with Crippen LogP contribution in [0.5, 0.6) is 5.75 Å². The lowest BCUT2D eigenvalue weighted by Gasteiger charge is -2.15. The zero-order valence-electron chi connectivity index (χ0n) is 13.1. The first kappa shape index (κ1) is 17.0. The lowest BCUT2D eigenvalue weighted by Crippen LogP contribution is -2.12. The number of ether oxygens (including phenoxy) is 1. The van der Waals surface area contributed by atoms with Crippen molar-refractivity contribution in [3.63, 3.8) is 0 Å². The first-order valence-corrected chi connectivity index (χ1v) is 8.14. The molecule has 0 heterocycles.